The van der Waals surface area contributed by atoms with E-state index < -0.39 is 0 Å². The average Bonchev–Trinajstić information content (AvgIpc) is 3.19. The van der Waals surface area contributed by atoms with Crippen molar-refractivity contribution in [1.29, 1.82) is 0 Å². The van der Waals surface area contributed by atoms with E-state index in [0.29, 0.717) is 5.89 Å². The number of benzene rings is 1. The Kier molecular flexibility index (Phi) is 4.34. The van der Waals surface area contributed by atoms with Crippen LogP contribution in [0.5, 0.6) is 0 Å². The topological polar surface area (TPSA) is 68.0 Å². The smallest absolute Gasteiger partial charge is 0.322 e. The minimum Gasteiger partial charge on any atom is -0.403 e. The van der Waals surface area contributed by atoms with Crippen molar-refractivity contribution < 1.29 is 9.21 Å². The van der Waals surface area contributed by atoms with E-state index in [2.05, 4.69) is 15.5 Å². The number of aryl methyl sites for hydroxylation is 2. The second kappa shape index (κ2) is 6.58. The van der Waals surface area contributed by atoms with Crippen molar-refractivity contribution >= 4 is 29.3 Å². The van der Waals surface area contributed by atoms with Crippen LogP contribution in [-0.4, -0.2) is 16.1 Å². The third-order valence-electron chi connectivity index (χ3n) is 3.22. The second-order valence-electron chi connectivity index (χ2n) is 5.07. The molecular weight excluding hydrogens is 310 g/mol. The molecule has 5 nitrogen and oxygen atoms in total. The summed E-state index contributed by atoms with van der Waals surface area (Å²) in [6.45, 7) is 3.97. The molecule has 1 N–H and O–H groups in total. The quantitative estimate of drug-likeness (QED) is 0.734. The zero-order valence-corrected chi connectivity index (χ0v) is 13.6. The van der Waals surface area contributed by atoms with Gasteiger partial charge in [-0.05, 0) is 43.0 Å². The Morgan fingerprint density at radius 2 is 2.13 bits per heavy atom. The van der Waals surface area contributed by atoms with E-state index in [4.69, 9.17) is 4.42 Å². The van der Waals surface area contributed by atoms with Crippen molar-refractivity contribution in [3.05, 3.63) is 57.8 Å². The SMILES string of the molecule is Cc1ccc(C)c(-c2nnc(NC(=O)/C=C/c3cccs3)o2)c1. The van der Waals surface area contributed by atoms with Crippen LogP contribution in [-0.2, 0) is 4.79 Å². The van der Waals surface area contributed by atoms with Gasteiger partial charge in [-0.2, -0.15) is 0 Å². The van der Waals surface area contributed by atoms with Gasteiger partial charge in [0, 0.05) is 16.5 Å². The molecule has 0 aliphatic rings. The summed E-state index contributed by atoms with van der Waals surface area (Å²) in [6.07, 6.45) is 3.18. The lowest BCUT2D eigenvalue weighted by atomic mass is 10.1. The summed E-state index contributed by atoms with van der Waals surface area (Å²) in [5.41, 5.74) is 3.01. The van der Waals surface area contributed by atoms with Gasteiger partial charge in [-0.1, -0.05) is 28.9 Å². The summed E-state index contributed by atoms with van der Waals surface area (Å²) >= 11 is 1.56. The maximum Gasteiger partial charge on any atom is 0.322 e. The van der Waals surface area contributed by atoms with E-state index in [9.17, 15) is 4.79 Å². The van der Waals surface area contributed by atoms with Crippen LogP contribution in [0.2, 0.25) is 0 Å². The van der Waals surface area contributed by atoms with Crippen molar-refractivity contribution in [3.63, 3.8) is 0 Å². The van der Waals surface area contributed by atoms with Crippen LogP contribution >= 0.6 is 11.3 Å². The van der Waals surface area contributed by atoms with Crippen molar-refractivity contribution in [3.8, 4) is 11.5 Å². The number of nitrogens with zero attached hydrogens (tertiary/aromatic N) is 2. The Bertz CT molecular complexity index is 851. The standard InChI is InChI=1S/C17H15N3O2S/c1-11-5-6-12(2)14(10-11)16-19-20-17(22-16)18-15(21)8-7-13-4-3-9-23-13/h3-10H,1-2H3,(H,18,20,21)/b8-7+. The van der Waals surface area contributed by atoms with Crippen molar-refractivity contribution in [2.45, 2.75) is 13.8 Å². The van der Waals surface area contributed by atoms with E-state index in [-0.39, 0.29) is 11.9 Å². The highest BCUT2D eigenvalue weighted by Crippen LogP contribution is 2.24. The van der Waals surface area contributed by atoms with Gasteiger partial charge in [0.25, 0.3) is 5.91 Å². The largest absolute Gasteiger partial charge is 0.403 e. The number of amides is 1. The van der Waals surface area contributed by atoms with Gasteiger partial charge in [-0.15, -0.1) is 16.4 Å². The fraction of sp³-hybridized carbons (Fsp3) is 0.118. The molecule has 0 aliphatic carbocycles. The lowest BCUT2D eigenvalue weighted by molar-refractivity contribution is -0.112. The normalized spacial score (nSPS) is 11.0. The van der Waals surface area contributed by atoms with E-state index in [1.165, 1.54) is 6.08 Å². The minimum absolute atomic E-state index is 0.0849. The third-order valence-corrected chi connectivity index (χ3v) is 4.06. The molecule has 1 aromatic carbocycles. The van der Waals surface area contributed by atoms with Crippen LogP contribution in [0, 0.1) is 13.8 Å². The highest BCUT2D eigenvalue weighted by Gasteiger charge is 2.12. The van der Waals surface area contributed by atoms with Crippen LogP contribution in [0.4, 0.5) is 6.01 Å². The summed E-state index contributed by atoms with van der Waals surface area (Å²) in [5, 5.41) is 12.4. The molecule has 3 rings (SSSR count). The Hall–Kier alpha value is -2.73. The summed E-state index contributed by atoms with van der Waals surface area (Å²) < 4.78 is 5.53. The molecule has 0 radical (unpaired) electrons. The first kappa shape index (κ1) is 15.2. The van der Waals surface area contributed by atoms with Crippen LogP contribution in [0.3, 0.4) is 0 Å². The molecule has 0 spiro atoms. The molecule has 0 atom stereocenters. The Morgan fingerprint density at radius 1 is 1.26 bits per heavy atom. The molecule has 6 heteroatoms. The molecule has 0 fully saturated rings. The van der Waals surface area contributed by atoms with Gasteiger partial charge in [-0.3, -0.25) is 10.1 Å². The summed E-state index contributed by atoms with van der Waals surface area (Å²) in [6, 6.07) is 9.94. The maximum absolute atomic E-state index is 11.9. The summed E-state index contributed by atoms with van der Waals surface area (Å²) in [5.74, 6) is 0.0818. The fourth-order valence-electron chi connectivity index (χ4n) is 2.04. The molecule has 0 bridgehead atoms. The van der Waals surface area contributed by atoms with Gasteiger partial charge in [0.05, 0.1) is 0 Å². The molecule has 0 saturated carbocycles. The first-order chi connectivity index (χ1) is 11.1. The van der Waals surface area contributed by atoms with Crippen LogP contribution in [0.15, 0.2) is 46.2 Å². The summed E-state index contributed by atoms with van der Waals surface area (Å²) in [4.78, 5) is 12.9. The predicted octanol–water partition coefficient (Wildman–Crippen LogP) is 4.07. The Morgan fingerprint density at radius 3 is 2.91 bits per heavy atom. The van der Waals surface area contributed by atoms with E-state index in [0.717, 1.165) is 21.6 Å². The molecule has 116 valence electrons. The minimum atomic E-state index is -0.311. The van der Waals surface area contributed by atoms with Gasteiger partial charge < -0.3 is 4.42 Å². The van der Waals surface area contributed by atoms with Crippen molar-refractivity contribution in [2.75, 3.05) is 5.32 Å². The molecule has 0 saturated heterocycles. The highest BCUT2D eigenvalue weighted by molar-refractivity contribution is 7.10. The van der Waals surface area contributed by atoms with Crippen LogP contribution in [0.25, 0.3) is 17.5 Å². The number of carbonyl (C=O) groups is 1. The number of rotatable bonds is 4. The lowest BCUT2D eigenvalue weighted by Crippen LogP contribution is -2.07. The van der Waals surface area contributed by atoms with E-state index in [1.807, 2.05) is 49.6 Å². The molecule has 0 aliphatic heterocycles. The van der Waals surface area contributed by atoms with E-state index >= 15 is 0 Å². The van der Waals surface area contributed by atoms with Gasteiger partial charge in [-0.25, -0.2) is 0 Å². The monoisotopic (exact) mass is 325 g/mol. The lowest BCUT2D eigenvalue weighted by Gasteiger charge is -2.01. The molecule has 0 unspecified atom stereocenters. The fourth-order valence-corrected chi connectivity index (χ4v) is 2.66. The molecule has 2 heterocycles. The van der Waals surface area contributed by atoms with Crippen molar-refractivity contribution in [1.82, 2.24) is 10.2 Å². The number of carbonyl (C=O) groups excluding carboxylic acids is 1. The number of anilines is 1. The van der Waals surface area contributed by atoms with Gasteiger partial charge in [0.1, 0.15) is 0 Å². The first-order valence-corrected chi connectivity index (χ1v) is 7.93. The van der Waals surface area contributed by atoms with Crippen LogP contribution < -0.4 is 5.32 Å². The average molecular weight is 325 g/mol. The van der Waals surface area contributed by atoms with Gasteiger partial charge in [0.2, 0.25) is 5.89 Å². The maximum atomic E-state index is 11.9. The molecule has 1 amide bonds. The molecular formula is C17H15N3O2S. The van der Waals surface area contributed by atoms with E-state index in [1.54, 1.807) is 17.4 Å². The van der Waals surface area contributed by atoms with Gasteiger partial charge >= 0.3 is 6.01 Å². The molecule has 3 aromatic rings. The number of nitrogens with one attached hydrogen (secondary N) is 1. The second-order valence-corrected chi connectivity index (χ2v) is 6.05. The summed E-state index contributed by atoms with van der Waals surface area (Å²) in [7, 11) is 0. The zero-order chi connectivity index (χ0) is 16.2. The molecule has 23 heavy (non-hydrogen) atoms. The number of hydrogen-bond donors (Lipinski definition) is 1. The Labute approximate surface area is 137 Å². The predicted molar refractivity (Wildman–Crippen MR) is 91.2 cm³/mol. The third kappa shape index (κ3) is 3.73. The first-order valence-electron chi connectivity index (χ1n) is 7.05. The number of aromatic nitrogens is 2. The Balaban J connectivity index is 1.72. The molecule has 2 aromatic heterocycles. The number of thiophene rings is 1. The number of hydrogen-bond acceptors (Lipinski definition) is 5. The van der Waals surface area contributed by atoms with Crippen LogP contribution in [0.1, 0.15) is 16.0 Å². The van der Waals surface area contributed by atoms with Gasteiger partial charge in [0.15, 0.2) is 0 Å². The highest BCUT2D eigenvalue weighted by atomic mass is 32.1. The van der Waals surface area contributed by atoms with Crippen molar-refractivity contribution in [2.24, 2.45) is 0 Å². The zero-order valence-electron chi connectivity index (χ0n) is 12.7.